The SMILES string of the molecule is CCCc1nc(CN(C)CC2CCC(=O)N(C)C2)no1. The molecule has 1 unspecified atom stereocenters. The molecule has 0 N–H and O–H groups in total. The number of carbonyl (C=O) groups is 1. The first kappa shape index (κ1) is 15.0. The van der Waals surface area contributed by atoms with E-state index in [1.807, 2.05) is 11.9 Å². The molecule has 1 atom stereocenters. The normalized spacial score (nSPS) is 19.9. The zero-order chi connectivity index (χ0) is 14.5. The minimum Gasteiger partial charge on any atom is -0.345 e. The van der Waals surface area contributed by atoms with E-state index in [-0.39, 0.29) is 5.91 Å². The molecule has 6 heteroatoms. The molecule has 0 bridgehead atoms. The second kappa shape index (κ2) is 6.83. The van der Waals surface area contributed by atoms with Gasteiger partial charge in [0.1, 0.15) is 0 Å². The van der Waals surface area contributed by atoms with Crippen LogP contribution in [0, 0.1) is 5.92 Å². The Balaban J connectivity index is 1.79. The molecule has 1 saturated heterocycles. The zero-order valence-corrected chi connectivity index (χ0v) is 12.6. The van der Waals surface area contributed by atoms with Gasteiger partial charge in [-0.3, -0.25) is 9.69 Å². The smallest absolute Gasteiger partial charge is 0.226 e. The van der Waals surface area contributed by atoms with Crippen molar-refractivity contribution in [3.8, 4) is 0 Å². The van der Waals surface area contributed by atoms with Crippen LogP contribution in [0.1, 0.15) is 37.9 Å². The molecular formula is C14H24N4O2. The fraction of sp³-hybridized carbons (Fsp3) is 0.786. The fourth-order valence-corrected chi connectivity index (χ4v) is 2.66. The number of carbonyl (C=O) groups excluding carboxylic acids is 1. The maximum Gasteiger partial charge on any atom is 0.226 e. The summed E-state index contributed by atoms with van der Waals surface area (Å²) in [6.07, 6.45) is 3.49. The first-order valence-corrected chi connectivity index (χ1v) is 7.32. The van der Waals surface area contributed by atoms with Gasteiger partial charge in [0.05, 0.1) is 6.54 Å². The van der Waals surface area contributed by atoms with Gasteiger partial charge in [-0.2, -0.15) is 4.98 Å². The largest absolute Gasteiger partial charge is 0.345 e. The van der Waals surface area contributed by atoms with Crippen LogP contribution in [-0.4, -0.2) is 53.0 Å². The van der Waals surface area contributed by atoms with Crippen LogP contribution in [0.4, 0.5) is 0 Å². The Labute approximate surface area is 120 Å². The van der Waals surface area contributed by atoms with Gasteiger partial charge in [0.25, 0.3) is 0 Å². The molecule has 20 heavy (non-hydrogen) atoms. The molecule has 1 aromatic rings. The van der Waals surface area contributed by atoms with E-state index in [0.717, 1.165) is 44.1 Å². The number of piperidine rings is 1. The molecule has 0 spiro atoms. The highest BCUT2D eigenvalue weighted by molar-refractivity contribution is 5.76. The van der Waals surface area contributed by atoms with Crippen molar-refractivity contribution < 1.29 is 9.32 Å². The number of aryl methyl sites for hydroxylation is 1. The summed E-state index contributed by atoms with van der Waals surface area (Å²) in [6, 6.07) is 0. The highest BCUT2D eigenvalue weighted by Gasteiger charge is 2.24. The van der Waals surface area contributed by atoms with E-state index in [0.29, 0.717) is 18.9 Å². The molecule has 112 valence electrons. The fourth-order valence-electron chi connectivity index (χ4n) is 2.66. The van der Waals surface area contributed by atoms with E-state index in [9.17, 15) is 4.79 Å². The lowest BCUT2D eigenvalue weighted by atomic mass is 9.97. The second-order valence-electron chi connectivity index (χ2n) is 5.73. The molecule has 2 rings (SSSR count). The predicted octanol–water partition coefficient (Wildman–Crippen LogP) is 1.32. The summed E-state index contributed by atoms with van der Waals surface area (Å²) < 4.78 is 5.19. The highest BCUT2D eigenvalue weighted by atomic mass is 16.5. The quantitative estimate of drug-likeness (QED) is 0.786. The maximum atomic E-state index is 11.5. The second-order valence-corrected chi connectivity index (χ2v) is 5.73. The minimum absolute atomic E-state index is 0.256. The Morgan fingerprint density at radius 2 is 2.30 bits per heavy atom. The Morgan fingerprint density at radius 1 is 1.50 bits per heavy atom. The van der Waals surface area contributed by atoms with Gasteiger partial charge < -0.3 is 9.42 Å². The van der Waals surface area contributed by atoms with Crippen molar-refractivity contribution in [2.24, 2.45) is 5.92 Å². The van der Waals surface area contributed by atoms with Crippen LogP contribution >= 0.6 is 0 Å². The first-order chi connectivity index (χ1) is 9.58. The van der Waals surface area contributed by atoms with Gasteiger partial charge in [0, 0.05) is 33.0 Å². The maximum absolute atomic E-state index is 11.5. The highest BCUT2D eigenvalue weighted by Crippen LogP contribution is 2.17. The van der Waals surface area contributed by atoms with E-state index >= 15 is 0 Å². The van der Waals surface area contributed by atoms with Crippen molar-refractivity contribution in [3.63, 3.8) is 0 Å². The Morgan fingerprint density at radius 3 is 3.00 bits per heavy atom. The van der Waals surface area contributed by atoms with Crippen molar-refractivity contribution in [2.75, 3.05) is 27.2 Å². The van der Waals surface area contributed by atoms with Crippen molar-refractivity contribution in [3.05, 3.63) is 11.7 Å². The van der Waals surface area contributed by atoms with Gasteiger partial charge in [-0.25, -0.2) is 0 Å². The van der Waals surface area contributed by atoms with Crippen molar-refractivity contribution in [2.45, 2.75) is 39.2 Å². The molecule has 1 aliphatic rings. The van der Waals surface area contributed by atoms with E-state index in [1.54, 1.807) is 0 Å². The number of hydrogen-bond acceptors (Lipinski definition) is 5. The number of likely N-dealkylation sites (tertiary alicyclic amines) is 1. The molecule has 0 saturated carbocycles. The monoisotopic (exact) mass is 280 g/mol. The third-order valence-corrected chi connectivity index (χ3v) is 3.68. The average Bonchev–Trinajstić information content (AvgIpc) is 2.81. The van der Waals surface area contributed by atoms with Gasteiger partial charge in [-0.1, -0.05) is 12.1 Å². The summed E-state index contributed by atoms with van der Waals surface area (Å²) in [5, 5.41) is 4.00. The number of aromatic nitrogens is 2. The van der Waals surface area contributed by atoms with E-state index in [1.165, 1.54) is 0 Å². The van der Waals surface area contributed by atoms with Crippen LogP contribution in [0.3, 0.4) is 0 Å². The Hall–Kier alpha value is -1.43. The zero-order valence-electron chi connectivity index (χ0n) is 12.6. The number of hydrogen-bond donors (Lipinski definition) is 0. The average molecular weight is 280 g/mol. The molecule has 0 radical (unpaired) electrons. The van der Waals surface area contributed by atoms with Crippen LogP contribution in [-0.2, 0) is 17.8 Å². The first-order valence-electron chi connectivity index (χ1n) is 7.32. The van der Waals surface area contributed by atoms with Gasteiger partial charge in [-0.15, -0.1) is 0 Å². The van der Waals surface area contributed by atoms with Crippen molar-refractivity contribution in [1.82, 2.24) is 19.9 Å². The lowest BCUT2D eigenvalue weighted by Gasteiger charge is -2.31. The van der Waals surface area contributed by atoms with Gasteiger partial charge in [0.2, 0.25) is 11.8 Å². The van der Waals surface area contributed by atoms with Gasteiger partial charge in [-0.05, 0) is 25.8 Å². The summed E-state index contributed by atoms with van der Waals surface area (Å²) in [5.74, 6) is 2.26. The molecule has 0 aliphatic carbocycles. The molecule has 6 nitrogen and oxygen atoms in total. The molecule has 1 fully saturated rings. The van der Waals surface area contributed by atoms with E-state index < -0.39 is 0 Å². The van der Waals surface area contributed by atoms with Crippen LogP contribution in [0.25, 0.3) is 0 Å². The summed E-state index contributed by atoms with van der Waals surface area (Å²) in [4.78, 5) is 19.9. The standard InChI is InChI=1S/C14H24N4O2/c1-4-5-13-15-12(16-20-13)10-17(2)8-11-6-7-14(19)18(3)9-11/h11H,4-10H2,1-3H3. The lowest BCUT2D eigenvalue weighted by molar-refractivity contribution is -0.133. The minimum atomic E-state index is 0.256. The summed E-state index contributed by atoms with van der Waals surface area (Å²) in [5.41, 5.74) is 0. The Bertz CT molecular complexity index is 446. The van der Waals surface area contributed by atoms with Crippen LogP contribution < -0.4 is 0 Å². The van der Waals surface area contributed by atoms with Gasteiger partial charge in [0.15, 0.2) is 5.82 Å². The molecule has 1 amide bonds. The van der Waals surface area contributed by atoms with Gasteiger partial charge >= 0.3 is 0 Å². The van der Waals surface area contributed by atoms with Crippen molar-refractivity contribution in [1.29, 1.82) is 0 Å². The molecular weight excluding hydrogens is 256 g/mol. The van der Waals surface area contributed by atoms with Crippen molar-refractivity contribution >= 4 is 5.91 Å². The van der Waals surface area contributed by atoms with Crippen LogP contribution in [0.5, 0.6) is 0 Å². The number of rotatable bonds is 6. The molecule has 1 aliphatic heterocycles. The lowest BCUT2D eigenvalue weighted by Crippen LogP contribution is -2.41. The third-order valence-electron chi connectivity index (χ3n) is 3.68. The summed E-state index contributed by atoms with van der Waals surface area (Å²) in [7, 11) is 3.94. The van der Waals surface area contributed by atoms with E-state index in [4.69, 9.17) is 4.52 Å². The molecule has 0 aromatic carbocycles. The van der Waals surface area contributed by atoms with Crippen LogP contribution in [0.15, 0.2) is 4.52 Å². The topological polar surface area (TPSA) is 62.5 Å². The number of amides is 1. The molecule has 1 aromatic heterocycles. The van der Waals surface area contributed by atoms with Crippen LogP contribution in [0.2, 0.25) is 0 Å². The summed E-state index contributed by atoms with van der Waals surface area (Å²) in [6.45, 7) is 4.59. The predicted molar refractivity (Wildman–Crippen MR) is 75.0 cm³/mol. The molecule has 2 heterocycles. The number of nitrogens with zero attached hydrogens (tertiary/aromatic N) is 4. The van der Waals surface area contributed by atoms with E-state index in [2.05, 4.69) is 29.0 Å². The summed E-state index contributed by atoms with van der Waals surface area (Å²) >= 11 is 0. The Kier molecular flexibility index (Phi) is 5.11. The third kappa shape index (κ3) is 4.03.